The molecule has 0 saturated heterocycles. The van der Waals surface area contributed by atoms with Crippen LogP contribution in [0.3, 0.4) is 0 Å². The summed E-state index contributed by atoms with van der Waals surface area (Å²) >= 11 is 0. The van der Waals surface area contributed by atoms with Gasteiger partial charge in [-0.25, -0.2) is 4.98 Å². The first-order valence-corrected chi connectivity index (χ1v) is 10.1. The fraction of sp³-hybridized carbons (Fsp3) is 0.348. The predicted octanol–water partition coefficient (Wildman–Crippen LogP) is 3.75. The van der Waals surface area contributed by atoms with Crippen LogP contribution in [-0.2, 0) is 11.3 Å². The van der Waals surface area contributed by atoms with Gasteiger partial charge in [-0.3, -0.25) is 9.59 Å². The fourth-order valence-corrected chi connectivity index (χ4v) is 3.33. The van der Waals surface area contributed by atoms with E-state index < -0.39 is 0 Å². The van der Waals surface area contributed by atoms with Gasteiger partial charge < -0.3 is 15.2 Å². The lowest BCUT2D eigenvalue weighted by Gasteiger charge is -2.16. The number of carbonyl (C=O) groups is 2. The first-order chi connectivity index (χ1) is 14.0. The SMILES string of the molecule is CCCCNC(=O)Cn1c(C(C)NC(=O)c2cccc(C)c2)nc2ccccc21. The average molecular weight is 393 g/mol. The number of carbonyl (C=O) groups excluding carboxylic acids is 2. The molecule has 0 aliphatic heterocycles. The van der Waals surface area contributed by atoms with E-state index in [1.54, 1.807) is 6.07 Å². The van der Waals surface area contributed by atoms with Gasteiger partial charge >= 0.3 is 0 Å². The maximum atomic E-state index is 12.7. The summed E-state index contributed by atoms with van der Waals surface area (Å²) in [7, 11) is 0. The smallest absolute Gasteiger partial charge is 0.251 e. The number of rotatable bonds is 8. The Balaban J connectivity index is 1.83. The van der Waals surface area contributed by atoms with Crippen molar-refractivity contribution in [2.45, 2.75) is 46.2 Å². The molecule has 6 heteroatoms. The monoisotopic (exact) mass is 392 g/mol. The molecule has 0 aliphatic rings. The molecule has 0 saturated carbocycles. The molecule has 2 amide bonds. The van der Waals surface area contributed by atoms with Crippen molar-refractivity contribution in [2.24, 2.45) is 0 Å². The standard InChI is InChI=1S/C23H28N4O2/c1-4-5-13-24-21(28)15-27-20-12-7-6-11-19(20)26-22(27)17(3)25-23(29)18-10-8-9-16(2)14-18/h6-12,14,17H,4-5,13,15H2,1-3H3,(H,24,28)(H,25,29). The topological polar surface area (TPSA) is 76.0 Å². The maximum absolute atomic E-state index is 12.7. The summed E-state index contributed by atoms with van der Waals surface area (Å²) < 4.78 is 1.89. The Hall–Kier alpha value is -3.15. The molecule has 152 valence electrons. The van der Waals surface area contributed by atoms with E-state index in [1.165, 1.54) is 0 Å². The maximum Gasteiger partial charge on any atom is 0.251 e. The van der Waals surface area contributed by atoms with Gasteiger partial charge in [0.2, 0.25) is 5.91 Å². The van der Waals surface area contributed by atoms with Crippen molar-refractivity contribution in [2.75, 3.05) is 6.54 Å². The summed E-state index contributed by atoms with van der Waals surface area (Å²) in [6.45, 7) is 6.77. The number of aromatic nitrogens is 2. The summed E-state index contributed by atoms with van der Waals surface area (Å²) in [5.74, 6) is 0.449. The van der Waals surface area contributed by atoms with E-state index >= 15 is 0 Å². The van der Waals surface area contributed by atoms with Crippen LogP contribution in [0.15, 0.2) is 48.5 Å². The molecule has 1 heterocycles. The highest BCUT2D eigenvalue weighted by atomic mass is 16.2. The molecule has 1 unspecified atom stereocenters. The van der Waals surface area contributed by atoms with Gasteiger partial charge in [-0.2, -0.15) is 0 Å². The number of amides is 2. The van der Waals surface area contributed by atoms with Crippen LogP contribution in [0, 0.1) is 6.92 Å². The number of imidazole rings is 1. The minimum Gasteiger partial charge on any atom is -0.355 e. The number of fused-ring (bicyclic) bond motifs is 1. The van der Waals surface area contributed by atoms with Crippen molar-refractivity contribution in [1.82, 2.24) is 20.2 Å². The second-order valence-electron chi connectivity index (χ2n) is 7.31. The first kappa shape index (κ1) is 20.6. The summed E-state index contributed by atoms with van der Waals surface area (Å²) in [6, 6.07) is 14.8. The van der Waals surface area contributed by atoms with Crippen LogP contribution in [0.1, 0.15) is 54.5 Å². The molecule has 2 aromatic carbocycles. The molecular weight excluding hydrogens is 364 g/mol. The molecule has 29 heavy (non-hydrogen) atoms. The molecule has 0 bridgehead atoms. The molecule has 6 nitrogen and oxygen atoms in total. The van der Waals surface area contributed by atoms with E-state index in [4.69, 9.17) is 4.98 Å². The van der Waals surface area contributed by atoms with Crippen molar-refractivity contribution in [3.63, 3.8) is 0 Å². The zero-order chi connectivity index (χ0) is 20.8. The number of aryl methyl sites for hydroxylation is 1. The summed E-state index contributed by atoms with van der Waals surface area (Å²) in [5.41, 5.74) is 3.32. The van der Waals surface area contributed by atoms with E-state index in [2.05, 4.69) is 17.6 Å². The van der Waals surface area contributed by atoms with E-state index in [0.29, 0.717) is 17.9 Å². The highest BCUT2D eigenvalue weighted by Gasteiger charge is 2.20. The Morgan fingerprint density at radius 2 is 1.93 bits per heavy atom. The van der Waals surface area contributed by atoms with Gasteiger partial charge in [0.05, 0.1) is 17.1 Å². The quantitative estimate of drug-likeness (QED) is 0.573. The van der Waals surface area contributed by atoms with Crippen LogP contribution < -0.4 is 10.6 Å². The number of unbranched alkanes of at least 4 members (excludes halogenated alkanes) is 1. The number of hydrogen-bond donors (Lipinski definition) is 2. The van der Waals surface area contributed by atoms with Gasteiger partial charge in [-0.05, 0) is 44.5 Å². The normalized spacial score (nSPS) is 12.0. The number of hydrogen-bond acceptors (Lipinski definition) is 3. The van der Waals surface area contributed by atoms with E-state index in [0.717, 1.165) is 29.4 Å². The molecule has 0 radical (unpaired) electrons. The predicted molar refractivity (Wildman–Crippen MR) is 115 cm³/mol. The molecule has 1 aromatic heterocycles. The molecule has 1 atom stereocenters. The molecule has 3 aromatic rings. The second kappa shape index (κ2) is 9.37. The number of benzene rings is 2. The zero-order valence-electron chi connectivity index (χ0n) is 17.2. The van der Waals surface area contributed by atoms with Crippen molar-refractivity contribution in [1.29, 1.82) is 0 Å². The van der Waals surface area contributed by atoms with Crippen molar-refractivity contribution in [3.05, 3.63) is 65.5 Å². The Kier molecular flexibility index (Phi) is 6.65. The van der Waals surface area contributed by atoms with Crippen LogP contribution in [-0.4, -0.2) is 27.9 Å². The van der Waals surface area contributed by atoms with Gasteiger partial charge in [0.1, 0.15) is 12.4 Å². The largest absolute Gasteiger partial charge is 0.355 e. The van der Waals surface area contributed by atoms with Gasteiger partial charge in [0.25, 0.3) is 5.91 Å². The van der Waals surface area contributed by atoms with Crippen LogP contribution in [0.25, 0.3) is 11.0 Å². The van der Waals surface area contributed by atoms with Gasteiger partial charge in [0.15, 0.2) is 0 Å². The molecule has 0 spiro atoms. The van der Waals surface area contributed by atoms with E-state index in [9.17, 15) is 9.59 Å². The van der Waals surface area contributed by atoms with Gasteiger partial charge in [-0.1, -0.05) is 43.2 Å². The van der Waals surface area contributed by atoms with E-state index in [-0.39, 0.29) is 24.4 Å². The van der Waals surface area contributed by atoms with Crippen LogP contribution in [0.2, 0.25) is 0 Å². The van der Waals surface area contributed by atoms with Crippen LogP contribution in [0.4, 0.5) is 0 Å². The lowest BCUT2D eigenvalue weighted by Crippen LogP contribution is -2.32. The van der Waals surface area contributed by atoms with Crippen molar-refractivity contribution < 1.29 is 9.59 Å². The van der Waals surface area contributed by atoms with E-state index in [1.807, 2.05) is 60.9 Å². The Bertz CT molecular complexity index is 1010. The van der Waals surface area contributed by atoms with Gasteiger partial charge in [0, 0.05) is 12.1 Å². The van der Waals surface area contributed by atoms with Gasteiger partial charge in [-0.15, -0.1) is 0 Å². The molecule has 3 rings (SSSR count). The third-order valence-electron chi connectivity index (χ3n) is 4.85. The zero-order valence-corrected chi connectivity index (χ0v) is 17.2. The minimum absolute atomic E-state index is 0.0555. The summed E-state index contributed by atoms with van der Waals surface area (Å²) in [4.78, 5) is 29.8. The third kappa shape index (κ3) is 5.02. The Morgan fingerprint density at radius 1 is 1.14 bits per heavy atom. The Labute approximate surface area is 171 Å². The number of nitrogens with zero attached hydrogens (tertiary/aromatic N) is 2. The molecular formula is C23H28N4O2. The fourth-order valence-electron chi connectivity index (χ4n) is 3.33. The number of nitrogens with one attached hydrogen (secondary N) is 2. The minimum atomic E-state index is -0.348. The van der Waals surface area contributed by atoms with Crippen molar-refractivity contribution in [3.8, 4) is 0 Å². The lowest BCUT2D eigenvalue weighted by atomic mass is 10.1. The molecule has 2 N–H and O–H groups in total. The highest BCUT2D eigenvalue weighted by molar-refractivity contribution is 5.94. The Morgan fingerprint density at radius 3 is 2.69 bits per heavy atom. The van der Waals surface area contributed by atoms with Crippen molar-refractivity contribution >= 4 is 22.8 Å². The molecule has 0 aliphatic carbocycles. The first-order valence-electron chi connectivity index (χ1n) is 10.1. The third-order valence-corrected chi connectivity index (χ3v) is 4.85. The van der Waals surface area contributed by atoms with Crippen LogP contribution in [0.5, 0.6) is 0 Å². The lowest BCUT2D eigenvalue weighted by molar-refractivity contribution is -0.121. The average Bonchev–Trinajstić information content (AvgIpc) is 3.07. The summed E-state index contributed by atoms with van der Waals surface area (Å²) in [5, 5.41) is 5.96. The molecule has 0 fully saturated rings. The second-order valence-corrected chi connectivity index (χ2v) is 7.31. The van der Waals surface area contributed by atoms with Crippen LogP contribution >= 0.6 is 0 Å². The number of para-hydroxylation sites is 2. The highest BCUT2D eigenvalue weighted by Crippen LogP contribution is 2.21. The summed E-state index contributed by atoms with van der Waals surface area (Å²) in [6.07, 6.45) is 1.98.